The van der Waals surface area contributed by atoms with Crippen LogP contribution in [0.4, 0.5) is 0 Å². The molecule has 76 valence electrons. The van der Waals surface area contributed by atoms with Crippen LogP contribution in [0.3, 0.4) is 0 Å². The lowest BCUT2D eigenvalue weighted by atomic mass is 9.83. The Labute approximate surface area is 87.6 Å². The lowest BCUT2D eigenvalue weighted by Gasteiger charge is -2.28. The molecule has 3 nitrogen and oxygen atoms in total. The predicted molar refractivity (Wildman–Crippen MR) is 56.1 cm³/mol. The summed E-state index contributed by atoms with van der Waals surface area (Å²) in [6.07, 6.45) is 6.46. The van der Waals surface area contributed by atoms with Crippen molar-refractivity contribution in [3.8, 4) is 0 Å². The molecule has 2 rings (SSSR count). The van der Waals surface area contributed by atoms with Crippen molar-refractivity contribution in [1.29, 1.82) is 0 Å². The molecular weight excluding hydrogens is 196 g/mol. The lowest BCUT2D eigenvalue weighted by molar-refractivity contribution is 0.0690. The van der Waals surface area contributed by atoms with Gasteiger partial charge in [0, 0.05) is 11.8 Å². The summed E-state index contributed by atoms with van der Waals surface area (Å²) in [6.45, 7) is 2.17. The fourth-order valence-electron chi connectivity index (χ4n) is 1.72. The Hall–Kier alpha value is -0.740. The highest BCUT2D eigenvalue weighted by molar-refractivity contribution is 7.03. The molecule has 0 saturated carbocycles. The molecule has 0 aromatic carbocycles. The van der Waals surface area contributed by atoms with Crippen LogP contribution in [0.15, 0.2) is 17.5 Å². The van der Waals surface area contributed by atoms with Gasteiger partial charge < -0.3 is 5.11 Å². The largest absolute Gasteiger partial charge is 0.385 e. The van der Waals surface area contributed by atoms with Crippen LogP contribution in [0.5, 0.6) is 0 Å². The molecule has 0 fully saturated rings. The predicted octanol–water partition coefficient (Wildman–Crippen LogP) is 1.80. The molecular formula is C10H14N2OS. The lowest BCUT2D eigenvalue weighted by Crippen LogP contribution is -2.32. The monoisotopic (exact) mass is 210 g/mol. The Bertz CT molecular complexity index is 323. The van der Waals surface area contributed by atoms with Gasteiger partial charge in [-0.15, -0.1) is 5.10 Å². The highest BCUT2D eigenvalue weighted by atomic mass is 32.1. The Morgan fingerprint density at radius 2 is 2.57 bits per heavy atom. The normalized spacial score (nSPS) is 32.0. The number of nitrogens with zero attached hydrogens (tertiary/aromatic N) is 2. The molecule has 0 aliphatic heterocycles. The molecule has 1 heterocycles. The van der Waals surface area contributed by atoms with Gasteiger partial charge in [0.15, 0.2) is 0 Å². The third kappa shape index (κ3) is 2.19. The Morgan fingerprint density at radius 3 is 3.14 bits per heavy atom. The molecule has 1 aliphatic rings. The minimum atomic E-state index is -0.692. The molecule has 0 radical (unpaired) electrons. The maximum atomic E-state index is 10.2. The van der Waals surface area contributed by atoms with Crippen LogP contribution in [0.25, 0.3) is 0 Å². The topological polar surface area (TPSA) is 46.0 Å². The average Bonchev–Trinajstić information content (AvgIpc) is 2.63. The van der Waals surface area contributed by atoms with Crippen molar-refractivity contribution in [2.45, 2.75) is 31.8 Å². The van der Waals surface area contributed by atoms with Gasteiger partial charge in [-0.1, -0.05) is 23.6 Å². The quantitative estimate of drug-likeness (QED) is 0.757. The Morgan fingerprint density at radius 1 is 1.71 bits per heavy atom. The van der Waals surface area contributed by atoms with Crippen LogP contribution in [0.1, 0.15) is 25.5 Å². The molecule has 1 N–H and O–H groups in total. The zero-order chi connectivity index (χ0) is 10.0. The molecule has 2 unspecified atom stereocenters. The minimum Gasteiger partial charge on any atom is -0.385 e. The number of hydrogen-bond donors (Lipinski definition) is 1. The van der Waals surface area contributed by atoms with Crippen LogP contribution in [-0.4, -0.2) is 20.3 Å². The number of allylic oxidation sites excluding steroid dienone is 1. The molecule has 1 aromatic rings. The minimum absolute atomic E-state index is 0.587. The van der Waals surface area contributed by atoms with Gasteiger partial charge in [0.2, 0.25) is 0 Å². The summed E-state index contributed by atoms with van der Waals surface area (Å²) in [5.41, 5.74) is 0.194. The van der Waals surface area contributed by atoms with Gasteiger partial charge in [-0.3, -0.25) is 0 Å². The van der Waals surface area contributed by atoms with Crippen molar-refractivity contribution in [1.82, 2.24) is 9.59 Å². The number of hydrogen-bond acceptors (Lipinski definition) is 4. The fraction of sp³-hybridized carbons (Fsp3) is 0.600. The van der Waals surface area contributed by atoms with Crippen molar-refractivity contribution in [3.05, 3.63) is 23.2 Å². The van der Waals surface area contributed by atoms with E-state index in [-0.39, 0.29) is 0 Å². The van der Waals surface area contributed by atoms with E-state index in [1.807, 2.05) is 11.5 Å². The molecule has 1 aliphatic carbocycles. The summed E-state index contributed by atoms with van der Waals surface area (Å²) in [7, 11) is 0. The number of rotatable bonds is 2. The third-order valence-corrected chi connectivity index (χ3v) is 3.21. The first kappa shape index (κ1) is 9.80. The first-order valence-corrected chi connectivity index (χ1v) is 5.69. The maximum Gasteiger partial charge on any atom is 0.0884 e. The third-order valence-electron chi connectivity index (χ3n) is 2.66. The highest BCUT2D eigenvalue weighted by Crippen LogP contribution is 2.28. The van der Waals surface area contributed by atoms with E-state index in [2.05, 4.69) is 22.6 Å². The fourth-order valence-corrected chi connectivity index (χ4v) is 2.17. The van der Waals surface area contributed by atoms with Gasteiger partial charge >= 0.3 is 0 Å². The second kappa shape index (κ2) is 3.79. The van der Waals surface area contributed by atoms with Gasteiger partial charge in [-0.2, -0.15) is 0 Å². The van der Waals surface area contributed by atoms with Crippen LogP contribution in [-0.2, 0) is 6.42 Å². The van der Waals surface area contributed by atoms with Crippen molar-refractivity contribution in [3.63, 3.8) is 0 Å². The van der Waals surface area contributed by atoms with E-state index in [1.54, 1.807) is 0 Å². The second-order valence-corrected chi connectivity index (χ2v) is 4.66. The van der Waals surface area contributed by atoms with Gasteiger partial charge in [0.05, 0.1) is 11.3 Å². The van der Waals surface area contributed by atoms with Crippen molar-refractivity contribution in [2.75, 3.05) is 0 Å². The molecule has 1 aromatic heterocycles. The summed E-state index contributed by atoms with van der Waals surface area (Å²) in [4.78, 5) is 0. The first-order valence-electron chi connectivity index (χ1n) is 4.86. The smallest absolute Gasteiger partial charge is 0.0884 e. The molecule has 0 spiro atoms. The van der Waals surface area contributed by atoms with Crippen molar-refractivity contribution < 1.29 is 5.11 Å². The number of aliphatic hydroxyl groups is 1. The first-order chi connectivity index (χ1) is 6.68. The van der Waals surface area contributed by atoms with Gasteiger partial charge in [0.25, 0.3) is 0 Å². The van der Waals surface area contributed by atoms with E-state index in [4.69, 9.17) is 0 Å². The SMILES string of the molecule is CC1C=CC(O)(Cc2csnn2)CC1. The van der Waals surface area contributed by atoms with Gasteiger partial charge in [-0.05, 0) is 30.3 Å². The van der Waals surface area contributed by atoms with Crippen LogP contribution in [0.2, 0.25) is 0 Å². The zero-order valence-electron chi connectivity index (χ0n) is 8.18. The Kier molecular flexibility index (Phi) is 2.65. The van der Waals surface area contributed by atoms with E-state index in [1.165, 1.54) is 11.5 Å². The molecule has 0 bridgehead atoms. The van der Waals surface area contributed by atoms with E-state index in [0.29, 0.717) is 12.3 Å². The number of aromatic nitrogens is 2. The second-order valence-electron chi connectivity index (χ2n) is 4.05. The molecule has 2 atom stereocenters. The summed E-state index contributed by atoms with van der Waals surface area (Å²) in [5, 5.41) is 16.1. The van der Waals surface area contributed by atoms with Crippen molar-refractivity contribution >= 4 is 11.5 Å². The summed E-state index contributed by atoms with van der Waals surface area (Å²) < 4.78 is 3.79. The van der Waals surface area contributed by atoms with Gasteiger partial charge in [0.1, 0.15) is 0 Å². The van der Waals surface area contributed by atoms with E-state index in [0.717, 1.165) is 18.5 Å². The van der Waals surface area contributed by atoms with Crippen LogP contribution >= 0.6 is 11.5 Å². The molecule has 14 heavy (non-hydrogen) atoms. The standard InChI is InChI=1S/C10H14N2OS/c1-8-2-4-10(13,5-3-8)6-9-7-14-12-11-9/h2,4,7-8,13H,3,5-6H2,1H3. The van der Waals surface area contributed by atoms with Crippen molar-refractivity contribution in [2.24, 2.45) is 5.92 Å². The van der Waals surface area contributed by atoms with Crippen LogP contribution in [0, 0.1) is 5.92 Å². The summed E-state index contributed by atoms with van der Waals surface area (Å²) in [5.74, 6) is 0.587. The maximum absolute atomic E-state index is 10.2. The van der Waals surface area contributed by atoms with Gasteiger partial charge in [-0.25, -0.2) is 0 Å². The van der Waals surface area contributed by atoms with E-state index >= 15 is 0 Å². The van der Waals surface area contributed by atoms with Crippen LogP contribution < -0.4 is 0 Å². The molecule has 0 saturated heterocycles. The summed E-state index contributed by atoms with van der Waals surface area (Å²) in [6, 6.07) is 0. The summed E-state index contributed by atoms with van der Waals surface area (Å²) >= 11 is 1.33. The zero-order valence-corrected chi connectivity index (χ0v) is 9.00. The van der Waals surface area contributed by atoms with E-state index in [9.17, 15) is 5.11 Å². The average molecular weight is 210 g/mol. The molecule has 4 heteroatoms. The Balaban J connectivity index is 2.07. The van der Waals surface area contributed by atoms with E-state index < -0.39 is 5.60 Å². The molecule has 0 amide bonds. The highest BCUT2D eigenvalue weighted by Gasteiger charge is 2.28.